The Balaban J connectivity index is 2.67. The average Bonchev–Trinajstić information content (AvgIpc) is 2.54. The lowest BCUT2D eigenvalue weighted by Crippen LogP contribution is -2.43. The molecule has 0 aliphatic rings. The SMILES string of the molecule is O=C(O)CNC(=O)CCN(O)C(=O)C(Cc1ccccc1)C(F)(F)F. The van der Waals surface area contributed by atoms with E-state index in [4.69, 9.17) is 5.11 Å². The van der Waals surface area contributed by atoms with Gasteiger partial charge in [0, 0.05) is 6.42 Å². The van der Waals surface area contributed by atoms with Crippen LogP contribution in [0.5, 0.6) is 0 Å². The number of alkyl halides is 3. The molecule has 0 radical (unpaired) electrons. The number of carboxylic acid groups (broad SMARTS) is 1. The largest absolute Gasteiger partial charge is 0.480 e. The van der Waals surface area contributed by atoms with Gasteiger partial charge in [0.2, 0.25) is 5.91 Å². The number of hydrogen-bond donors (Lipinski definition) is 3. The zero-order valence-corrected chi connectivity index (χ0v) is 13.0. The van der Waals surface area contributed by atoms with Gasteiger partial charge in [0.1, 0.15) is 12.5 Å². The lowest BCUT2D eigenvalue weighted by atomic mass is 9.97. The van der Waals surface area contributed by atoms with Crippen molar-refractivity contribution in [2.75, 3.05) is 13.1 Å². The van der Waals surface area contributed by atoms with Crippen LogP contribution in [0.3, 0.4) is 0 Å². The van der Waals surface area contributed by atoms with Crippen molar-refractivity contribution in [2.24, 2.45) is 5.92 Å². The van der Waals surface area contributed by atoms with Crippen molar-refractivity contribution in [3.8, 4) is 0 Å². The van der Waals surface area contributed by atoms with Crippen molar-refractivity contribution in [3.63, 3.8) is 0 Å². The van der Waals surface area contributed by atoms with Gasteiger partial charge in [-0.15, -0.1) is 0 Å². The summed E-state index contributed by atoms with van der Waals surface area (Å²) in [6, 6.07) is 7.51. The van der Waals surface area contributed by atoms with Gasteiger partial charge in [0.15, 0.2) is 0 Å². The van der Waals surface area contributed by atoms with Crippen LogP contribution in [0.4, 0.5) is 13.2 Å². The number of carbonyl (C=O) groups excluding carboxylic acids is 2. The zero-order chi connectivity index (χ0) is 19.0. The second-order valence-electron chi connectivity index (χ2n) is 5.17. The second kappa shape index (κ2) is 9.02. The van der Waals surface area contributed by atoms with Crippen molar-refractivity contribution >= 4 is 17.8 Å². The number of nitrogens with one attached hydrogen (secondary N) is 1. The molecule has 10 heteroatoms. The summed E-state index contributed by atoms with van der Waals surface area (Å²) in [6.07, 6.45) is -6.06. The quantitative estimate of drug-likeness (QED) is 0.476. The Bertz CT molecular complexity index is 607. The number of amides is 2. The predicted molar refractivity (Wildman–Crippen MR) is 78.5 cm³/mol. The first-order valence-electron chi connectivity index (χ1n) is 7.20. The maximum absolute atomic E-state index is 13.1. The Labute approximate surface area is 141 Å². The summed E-state index contributed by atoms with van der Waals surface area (Å²) < 4.78 is 39.4. The first-order valence-corrected chi connectivity index (χ1v) is 7.20. The minimum Gasteiger partial charge on any atom is -0.480 e. The normalized spacial score (nSPS) is 12.3. The smallest absolute Gasteiger partial charge is 0.400 e. The fourth-order valence-corrected chi connectivity index (χ4v) is 1.95. The number of aliphatic carboxylic acids is 1. The molecule has 2 amide bonds. The number of nitrogens with zero attached hydrogens (tertiary/aromatic N) is 1. The molecule has 0 saturated carbocycles. The van der Waals surface area contributed by atoms with Crippen LogP contribution < -0.4 is 5.32 Å². The van der Waals surface area contributed by atoms with Crippen LogP contribution in [-0.4, -0.2) is 52.4 Å². The lowest BCUT2D eigenvalue weighted by molar-refractivity contribution is -0.209. The van der Waals surface area contributed by atoms with Crippen LogP contribution in [0.15, 0.2) is 30.3 Å². The van der Waals surface area contributed by atoms with E-state index in [0.717, 1.165) is 0 Å². The zero-order valence-electron chi connectivity index (χ0n) is 13.0. The van der Waals surface area contributed by atoms with Gasteiger partial charge < -0.3 is 10.4 Å². The summed E-state index contributed by atoms with van der Waals surface area (Å²) >= 11 is 0. The molecule has 0 heterocycles. The average molecular weight is 362 g/mol. The van der Waals surface area contributed by atoms with E-state index < -0.39 is 55.8 Å². The summed E-state index contributed by atoms with van der Waals surface area (Å²) in [7, 11) is 0. The Kier molecular flexibility index (Phi) is 7.37. The number of benzene rings is 1. The maximum Gasteiger partial charge on any atom is 0.400 e. The Morgan fingerprint density at radius 2 is 1.76 bits per heavy atom. The van der Waals surface area contributed by atoms with Crippen LogP contribution in [0.25, 0.3) is 0 Å². The van der Waals surface area contributed by atoms with E-state index in [9.17, 15) is 32.8 Å². The molecule has 0 aliphatic heterocycles. The number of hydroxylamine groups is 2. The number of carboxylic acids is 1. The minimum atomic E-state index is -4.88. The molecule has 1 aromatic rings. The molecule has 1 rings (SSSR count). The van der Waals surface area contributed by atoms with Gasteiger partial charge in [-0.05, 0) is 12.0 Å². The molecule has 25 heavy (non-hydrogen) atoms. The Morgan fingerprint density at radius 1 is 1.16 bits per heavy atom. The Morgan fingerprint density at radius 3 is 2.28 bits per heavy atom. The monoisotopic (exact) mass is 362 g/mol. The van der Waals surface area contributed by atoms with Crippen LogP contribution in [0.2, 0.25) is 0 Å². The third kappa shape index (κ3) is 7.21. The standard InChI is InChI=1S/C15H17F3N2O5/c16-15(17,18)11(8-10-4-2-1-3-5-10)14(24)20(25)7-6-12(21)19-9-13(22)23/h1-5,11,25H,6-9H2,(H,19,21)(H,22,23). The molecular weight excluding hydrogens is 345 g/mol. The molecule has 7 nitrogen and oxygen atoms in total. The van der Waals surface area contributed by atoms with E-state index in [2.05, 4.69) is 0 Å². The molecule has 0 aliphatic carbocycles. The summed E-state index contributed by atoms with van der Waals surface area (Å²) in [4.78, 5) is 33.5. The molecule has 0 spiro atoms. The minimum absolute atomic E-state index is 0.165. The first-order chi connectivity index (χ1) is 11.6. The summed E-state index contributed by atoms with van der Waals surface area (Å²) in [5, 5.41) is 19.7. The molecule has 3 N–H and O–H groups in total. The van der Waals surface area contributed by atoms with Crippen molar-refractivity contribution < 1.29 is 37.9 Å². The van der Waals surface area contributed by atoms with Crippen molar-refractivity contribution in [2.45, 2.75) is 19.0 Å². The fourth-order valence-electron chi connectivity index (χ4n) is 1.95. The summed E-state index contributed by atoms with van der Waals surface area (Å²) in [5.41, 5.74) is 0.269. The van der Waals surface area contributed by atoms with Crippen LogP contribution in [0, 0.1) is 5.92 Å². The van der Waals surface area contributed by atoms with E-state index in [1.807, 2.05) is 5.32 Å². The van der Waals surface area contributed by atoms with Gasteiger partial charge in [-0.25, -0.2) is 5.06 Å². The highest BCUT2D eigenvalue weighted by molar-refractivity contribution is 5.82. The summed E-state index contributed by atoms with van der Waals surface area (Å²) in [6.45, 7) is -1.36. The van der Waals surface area contributed by atoms with Crippen molar-refractivity contribution in [3.05, 3.63) is 35.9 Å². The van der Waals surface area contributed by atoms with Gasteiger partial charge in [-0.2, -0.15) is 13.2 Å². The molecule has 0 bridgehead atoms. The second-order valence-corrected chi connectivity index (χ2v) is 5.17. The molecule has 0 aromatic heterocycles. The number of carbonyl (C=O) groups is 3. The predicted octanol–water partition coefficient (Wildman–Crippen LogP) is 1.22. The molecule has 138 valence electrons. The van der Waals surface area contributed by atoms with Crippen molar-refractivity contribution in [1.82, 2.24) is 10.4 Å². The van der Waals surface area contributed by atoms with Crippen LogP contribution in [0.1, 0.15) is 12.0 Å². The van der Waals surface area contributed by atoms with E-state index in [0.29, 0.717) is 0 Å². The van der Waals surface area contributed by atoms with Gasteiger partial charge in [0.05, 0.1) is 6.54 Å². The van der Waals surface area contributed by atoms with Crippen molar-refractivity contribution in [1.29, 1.82) is 0 Å². The summed E-state index contributed by atoms with van der Waals surface area (Å²) in [5.74, 6) is -6.16. The van der Waals surface area contributed by atoms with Crippen LogP contribution in [-0.2, 0) is 20.8 Å². The highest BCUT2D eigenvalue weighted by Gasteiger charge is 2.46. The highest BCUT2D eigenvalue weighted by atomic mass is 19.4. The third-order valence-electron chi connectivity index (χ3n) is 3.22. The number of hydrogen-bond acceptors (Lipinski definition) is 4. The van der Waals surface area contributed by atoms with E-state index in [-0.39, 0.29) is 10.6 Å². The number of halogens is 3. The number of rotatable bonds is 8. The van der Waals surface area contributed by atoms with Gasteiger partial charge >= 0.3 is 12.1 Å². The van der Waals surface area contributed by atoms with Gasteiger partial charge in [-0.3, -0.25) is 19.6 Å². The molecule has 1 aromatic carbocycles. The van der Waals surface area contributed by atoms with E-state index in [1.165, 1.54) is 24.3 Å². The van der Waals surface area contributed by atoms with Gasteiger partial charge in [0.25, 0.3) is 5.91 Å². The Hall–Kier alpha value is -2.62. The first kappa shape index (κ1) is 20.4. The van der Waals surface area contributed by atoms with Crippen LogP contribution >= 0.6 is 0 Å². The van der Waals surface area contributed by atoms with Gasteiger partial charge in [-0.1, -0.05) is 30.3 Å². The van der Waals surface area contributed by atoms with E-state index >= 15 is 0 Å². The maximum atomic E-state index is 13.1. The topological polar surface area (TPSA) is 107 Å². The molecule has 1 unspecified atom stereocenters. The fraction of sp³-hybridized carbons (Fsp3) is 0.400. The van der Waals surface area contributed by atoms with E-state index in [1.54, 1.807) is 6.07 Å². The molecule has 0 saturated heterocycles. The molecule has 0 fully saturated rings. The highest BCUT2D eigenvalue weighted by Crippen LogP contribution is 2.30. The lowest BCUT2D eigenvalue weighted by Gasteiger charge is -2.24. The molecular formula is C15H17F3N2O5. The third-order valence-corrected chi connectivity index (χ3v) is 3.22. The molecule has 1 atom stereocenters.